The van der Waals surface area contributed by atoms with Crippen molar-refractivity contribution >= 4 is 0 Å². The lowest BCUT2D eigenvalue weighted by Gasteiger charge is -2.24. The smallest absolute Gasteiger partial charge is 0.323 e. The predicted molar refractivity (Wildman–Crippen MR) is 73.3 cm³/mol. The van der Waals surface area contributed by atoms with Crippen LogP contribution in [0.15, 0.2) is 24.3 Å². The molecule has 1 aromatic rings. The van der Waals surface area contributed by atoms with Gasteiger partial charge in [-0.1, -0.05) is 25.0 Å². The van der Waals surface area contributed by atoms with E-state index < -0.39 is 11.7 Å². The minimum Gasteiger partial charge on any atom is -0.323 e. The summed E-state index contributed by atoms with van der Waals surface area (Å²) in [7, 11) is 0. The summed E-state index contributed by atoms with van der Waals surface area (Å²) < 4.78 is 38.1. The first kappa shape index (κ1) is 15.3. The number of alkyl halides is 3. The number of nitrogens with two attached hydrogens (primary N) is 1. The van der Waals surface area contributed by atoms with E-state index in [1.165, 1.54) is 25.0 Å². The Morgan fingerprint density at radius 1 is 1.10 bits per heavy atom. The maximum absolute atomic E-state index is 12.7. The van der Waals surface area contributed by atoms with Gasteiger partial charge in [0.25, 0.3) is 0 Å². The monoisotopic (exact) mass is 286 g/mol. The Morgan fingerprint density at radius 2 is 1.75 bits per heavy atom. The lowest BCUT2D eigenvalue weighted by atomic mass is 10.0. The molecular weight excluding hydrogens is 265 g/mol. The summed E-state index contributed by atoms with van der Waals surface area (Å²) in [6, 6.07) is 5.00. The van der Waals surface area contributed by atoms with Gasteiger partial charge in [0, 0.05) is 12.6 Å². The van der Waals surface area contributed by atoms with Crippen LogP contribution in [0, 0.1) is 0 Å². The van der Waals surface area contributed by atoms with Gasteiger partial charge in [0.05, 0.1) is 5.56 Å². The minimum absolute atomic E-state index is 0.365. The van der Waals surface area contributed by atoms with E-state index in [0.717, 1.165) is 32.0 Å². The normalized spacial score (nSPS) is 19.6. The standard InChI is InChI=1S/C15H21F3N2/c16-15(17,18)13-7-5-6-12(10-13)14(19)11-20-8-3-1-2-4-9-20/h5-7,10,14H,1-4,8-9,11,19H2. The van der Waals surface area contributed by atoms with Crippen LogP contribution in [0.25, 0.3) is 0 Å². The Morgan fingerprint density at radius 3 is 2.35 bits per heavy atom. The van der Waals surface area contributed by atoms with Crippen molar-refractivity contribution in [1.82, 2.24) is 4.90 Å². The summed E-state index contributed by atoms with van der Waals surface area (Å²) in [5, 5.41) is 0. The number of hydrogen-bond donors (Lipinski definition) is 1. The molecule has 2 rings (SSSR count). The number of halogens is 3. The zero-order chi connectivity index (χ0) is 14.6. The summed E-state index contributed by atoms with van der Waals surface area (Å²) in [6.45, 7) is 2.61. The Labute approximate surface area is 117 Å². The molecule has 1 heterocycles. The zero-order valence-electron chi connectivity index (χ0n) is 11.5. The number of likely N-dealkylation sites (tertiary alicyclic amines) is 1. The highest BCUT2D eigenvalue weighted by Gasteiger charge is 2.30. The number of hydrogen-bond acceptors (Lipinski definition) is 2. The van der Waals surface area contributed by atoms with Gasteiger partial charge in [0.15, 0.2) is 0 Å². The SMILES string of the molecule is NC(CN1CCCCCC1)c1cccc(C(F)(F)F)c1. The van der Waals surface area contributed by atoms with Crippen LogP contribution in [0.5, 0.6) is 0 Å². The topological polar surface area (TPSA) is 29.3 Å². The van der Waals surface area contributed by atoms with E-state index in [-0.39, 0.29) is 6.04 Å². The average Bonchev–Trinajstić information content (AvgIpc) is 2.66. The summed E-state index contributed by atoms with van der Waals surface area (Å²) >= 11 is 0. The fourth-order valence-corrected chi connectivity index (χ4v) is 2.65. The summed E-state index contributed by atoms with van der Waals surface area (Å²) in [6.07, 6.45) is 0.452. The molecule has 0 saturated carbocycles. The molecule has 2 N–H and O–H groups in total. The van der Waals surface area contributed by atoms with Gasteiger partial charge in [-0.2, -0.15) is 13.2 Å². The van der Waals surface area contributed by atoms with Crippen molar-refractivity contribution in [3.63, 3.8) is 0 Å². The van der Waals surface area contributed by atoms with Gasteiger partial charge in [0.1, 0.15) is 0 Å². The van der Waals surface area contributed by atoms with Gasteiger partial charge in [-0.25, -0.2) is 0 Å². The molecule has 1 aliphatic rings. The van der Waals surface area contributed by atoms with Crippen LogP contribution < -0.4 is 5.73 Å². The van der Waals surface area contributed by atoms with Gasteiger partial charge in [-0.15, -0.1) is 0 Å². The maximum atomic E-state index is 12.7. The van der Waals surface area contributed by atoms with Crippen molar-refractivity contribution in [2.45, 2.75) is 37.9 Å². The third-order valence-electron chi connectivity index (χ3n) is 3.80. The van der Waals surface area contributed by atoms with Crippen molar-refractivity contribution in [2.24, 2.45) is 5.73 Å². The summed E-state index contributed by atoms with van der Waals surface area (Å²) in [5.74, 6) is 0. The maximum Gasteiger partial charge on any atom is 0.416 e. The fourth-order valence-electron chi connectivity index (χ4n) is 2.65. The van der Waals surface area contributed by atoms with Crippen LogP contribution >= 0.6 is 0 Å². The Bertz CT molecular complexity index is 423. The summed E-state index contributed by atoms with van der Waals surface area (Å²) in [4.78, 5) is 2.26. The molecule has 0 aliphatic carbocycles. The number of rotatable bonds is 3. The minimum atomic E-state index is -4.31. The first-order valence-electron chi connectivity index (χ1n) is 7.12. The molecule has 1 atom stereocenters. The Balaban J connectivity index is 2.03. The Hall–Kier alpha value is -1.07. The first-order valence-corrected chi connectivity index (χ1v) is 7.12. The van der Waals surface area contributed by atoms with Gasteiger partial charge in [0.2, 0.25) is 0 Å². The van der Waals surface area contributed by atoms with Crippen LogP contribution in [-0.2, 0) is 6.18 Å². The molecular formula is C15H21F3N2. The predicted octanol–water partition coefficient (Wildman–Crippen LogP) is 3.58. The largest absolute Gasteiger partial charge is 0.416 e. The van der Waals surface area contributed by atoms with Crippen molar-refractivity contribution in [3.8, 4) is 0 Å². The van der Waals surface area contributed by atoms with E-state index in [9.17, 15) is 13.2 Å². The fraction of sp³-hybridized carbons (Fsp3) is 0.600. The second kappa shape index (κ2) is 6.59. The van der Waals surface area contributed by atoms with Gasteiger partial charge in [-0.3, -0.25) is 0 Å². The molecule has 1 saturated heterocycles. The van der Waals surface area contributed by atoms with Crippen molar-refractivity contribution < 1.29 is 13.2 Å². The molecule has 1 unspecified atom stereocenters. The van der Waals surface area contributed by atoms with Crippen LogP contribution in [0.3, 0.4) is 0 Å². The van der Waals surface area contributed by atoms with E-state index in [0.29, 0.717) is 12.1 Å². The van der Waals surface area contributed by atoms with Crippen molar-refractivity contribution in [1.29, 1.82) is 0 Å². The second-order valence-corrected chi connectivity index (χ2v) is 5.44. The molecule has 0 spiro atoms. The van der Waals surface area contributed by atoms with E-state index >= 15 is 0 Å². The van der Waals surface area contributed by atoms with Gasteiger partial charge in [-0.05, 0) is 43.6 Å². The van der Waals surface area contributed by atoms with Crippen LogP contribution in [0.4, 0.5) is 13.2 Å². The molecule has 0 bridgehead atoms. The highest BCUT2D eigenvalue weighted by Crippen LogP contribution is 2.30. The van der Waals surface area contributed by atoms with E-state index in [2.05, 4.69) is 4.90 Å². The average molecular weight is 286 g/mol. The van der Waals surface area contributed by atoms with E-state index in [1.54, 1.807) is 6.07 Å². The van der Waals surface area contributed by atoms with E-state index in [1.807, 2.05) is 0 Å². The molecule has 0 aromatic heterocycles. The quantitative estimate of drug-likeness (QED) is 0.920. The molecule has 2 nitrogen and oxygen atoms in total. The summed E-state index contributed by atoms with van der Waals surface area (Å²) in [5.41, 5.74) is 6.02. The molecule has 0 amide bonds. The number of nitrogens with zero attached hydrogens (tertiary/aromatic N) is 1. The highest BCUT2D eigenvalue weighted by atomic mass is 19.4. The van der Waals surface area contributed by atoms with Crippen LogP contribution in [0.1, 0.15) is 42.9 Å². The highest BCUT2D eigenvalue weighted by molar-refractivity contribution is 5.28. The lowest BCUT2D eigenvalue weighted by Crippen LogP contribution is -2.33. The van der Waals surface area contributed by atoms with Gasteiger partial charge >= 0.3 is 6.18 Å². The van der Waals surface area contributed by atoms with Crippen LogP contribution in [-0.4, -0.2) is 24.5 Å². The van der Waals surface area contributed by atoms with Crippen molar-refractivity contribution in [2.75, 3.05) is 19.6 Å². The van der Waals surface area contributed by atoms with Crippen LogP contribution in [0.2, 0.25) is 0 Å². The first-order chi connectivity index (χ1) is 9.47. The number of benzene rings is 1. The molecule has 0 radical (unpaired) electrons. The Kier molecular flexibility index (Phi) is 5.05. The molecule has 20 heavy (non-hydrogen) atoms. The zero-order valence-corrected chi connectivity index (χ0v) is 11.5. The molecule has 112 valence electrons. The molecule has 1 fully saturated rings. The second-order valence-electron chi connectivity index (χ2n) is 5.44. The molecule has 5 heteroatoms. The molecule has 1 aliphatic heterocycles. The van der Waals surface area contributed by atoms with E-state index in [4.69, 9.17) is 5.73 Å². The van der Waals surface area contributed by atoms with Crippen molar-refractivity contribution in [3.05, 3.63) is 35.4 Å². The third kappa shape index (κ3) is 4.21. The third-order valence-corrected chi connectivity index (χ3v) is 3.80. The van der Waals surface area contributed by atoms with Gasteiger partial charge < -0.3 is 10.6 Å². The lowest BCUT2D eigenvalue weighted by molar-refractivity contribution is -0.137. The molecule has 1 aromatic carbocycles.